The van der Waals surface area contributed by atoms with Crippen LogP contribution in [-0.2, 0) is 14.3 Å². The van der Waals surface area contributed by atoms with E-state index in [2.05, 4.69) is 62.2 Å². The van der Waals surface area contributed by atoms with Crippen LogP contribution >= 0.6 is 0 Å². The molecule has 6 heteroatoms. The summed E-state index contributed by atoms with van der Waals surface area (Å²) in [5.41, 5.74) is 3.49. The van der Waals surface area contributed by atoms with Gasteiger partial charge in [0.05, 0.1) is 12.6 Å². The summed E-state index contributed by atoms with van der Waals surface area (Å²) in [6.07, 6.45) is 17.4. The molecule has 2 aromatic rings. The van der Waals surface area contributed by atoms with Gasteiger partial charge in [0, 0.05) is 63.2 Å². The van der Waals surface area contributed by atoms with Crippen molar-refractivity contribution in [3.63, 3.8) is 0 Å². The molecule has 0 aromatic heterocycles. The number of methoxy groups -OCH3 is 1. The number of allylic oxidation sites excluding steroid dienone is 1. The quantitative estimate of drug-likeness (QED) is 0.0530. The fraction of sp³-hybridized carbons (Fsp3) is 0.583. The lowest BCUT2D eigenvalue weighted by atomic mass is 9.96. The van der Waals surface area contributed by atoms with Gasteiger partial charge in [-0.1, -0.05) is 150 Å². The zero-order valence-corrected chi connectivity index (χ0v) is 37.3. The zero-order valence-electron chi connectivity index (χ0n) is 37.3. The molecule has 0 bridgehead atoms. The number of carbonyl (C=O) groups is 2. The smallest absolute Gasteiger partial charge is 0.162 e. The highest BCUT2D eigenvalue weighted by Gasteiger charge is 2.16. The molecule has 0 saturated heterocycles. The first kappa shape index (κ1) is 56.9. The summed E-state index contributed by atoms with van der Waals surface area (Å²) in [6, 6.07) is 17.7. The van der Waals surface area contributed by atoms with E-state index in [4.69, 9.17) is 11.2 Å². The van der Waals surface area contributed by atoms with Crippen LogP contribution < -0.4 is 0 Å². The number of hydrogen-bond acceptors (Lipinski definition) is 6. The molecule has 0 aliphatic heterocycles. The fourth-order valence-corrected chi connectivity index (χ4v) is 4.44. The Bertz CT molecular complexity index is 1290. The second-order valence-electron chi connectivity index (χ2n) is 12.8. The largest absolute Gasteiger partial charge is 0.492 e. The normalized spacial score (nSPS) is 11.6. The Kier molecular flexibility index (Phi) is 44.2. The number of unbranched alkanes of at least 4 members (excludes halogenated alkanes) is 1. The van der Waals surface area contributed by atoms with E-state index in [-0.39, 0.29) is 17.6 Å². The van der Waals surface area contributed by atoms with Gasteiger partial charge >= 0.3 is 0 Å². The van der Waals surface area contributed by atoms with Crippen LogP contribution in [0.5, 0.6) is 0 Å². The third kappa shape index (κ3) is 30.6. The molecule has 0 aliphatic rings. The minimum absolute atomic E-state index is 0.0214. The summed E-state index contributed by atoms with van der Waals surface area (Å²) < 4.78 is 10.5. The van der Waals surface area contributed by atoms with Crippen LogP contribution in [-0.4, -0.2) is 51.9 Å². The van der Waals surface area contributed by atoms with E-state index in [1.165, 1.54) is 25.7 Å². The number of ketones is 2. The fourth-order valence-electron chi connectivity index (χ4n) is 4.44. The highest BCUT2D eigenvalue weighted by atomic mass is 16.5. The Hall–Kier alpha value is -3.82. The van der Waals surface area contributed by atoms with Crippen LogP contribution in [0, 0.1) is 24.2 Å². The predicted molar refractivity (Wildman–Crippen MR) is 239 cm³/mol. The molecule has 2 rings (SSSR count). The topological polar surface area (TPSA) is 77.3 Å². The van der Waals surface area contributed by atoms with Crippen molar-refractivity contribution in [1.82, 2.24) is 0 Å². The van der Waals surface area contributed by atoms with Crippen LogP contribution in [0.4, 0.5) is 0 Å². The maximum Gasteiger partial charge on any atom is 0.162 e. The second kappa shape index (κ2) is 41.9. The third-order valence-corrected chi connectivity index (χ3v) is 7.74. The van der Waals surface area contributed by atoms with Gasteiger partial charge in [-0.05, 0) is 50.5 Å². The van der Waals surface area contributed by atoms with Gasteiger partial charge in [0.1, 0.15) is 5.76 Å². The first-order valence-electron chi connectivity index (χ1n) is 20.2. The number of Topliss-reactive ketones (excluding diaryl/α,β-unsaturated/α-hetero) is 2. The van der Waals surface area contributed by atoms with Gasteiger partial charge in [-0.3, -0.25) is 19.6 Å². The van der Waals surface area contributed by atoms with Crippen molar-refractivity contribution in [3.8, 4) is 12.3 Å². The Balaban J connectivity index is -0.000000359. The number of nitrogens with zero attached hydrogens (tertiary/aromatic N) is 2. The maximum atomic E-state index is 12.3. The molecule has 2 unspecified atom stereocenters. The summed E-state index contributed by atoms with van der Waals surface area (Å²) in [5, 5.41) is 0. The Morgan fingerprint density at radius 2 is 1.35 bits per heavy atom. The number of terminal acetylenes is 1. The Labute approximate surface area is 333 Å². The van der Waals surface area contributed by atoms with Crippen molar-refractivity contribution >= 4 is 29.8 Å². The summed E-state index contributed by atoms with van der Waals surface area (Å²) in [5.74, 6) is 4.72. The number of ether oxygens (including phenoxy) is 2. The van der Waals surface area contributed by atoms with Crippen LogP contribution in [0.25, 0.3) is 5.76 Å². The lowest BCUT2D eigenvalue weighted by Gasteiger charge is -2.20. The van der Waals surface area contributed by atoms with Crippen molar-refractivity contribution in [2.75, 3.05) is 27.9 Å². The van der Waals surface area contributed by atoms with E-state index in [9.17, 15) is 9.59 Å². The molecule has 2 atom stereocenters. The van der Waals surface area contributed by atoms with E-state index < -0.39 is 0 Å². The van der Waals surface area contributed by atoms with Crippen molar-refractivity contribution in [2.24, 2.45) is 21.8 Å². The molecule has 0 amide bonds. The monoisotopic (exact) mass is 749 g/mol. The van der Waals surface area contributed by atoms with Crippen LogP contribution in [0.1, 0.15) is 168 Å². The third-order valence-electron chi connectivity index (χ3n) is 7.74. The number of rotatable bonds is 17. The van der Waals surface area contributed by atoms with E-state index in [0.29, 0.717) is 18.9 Å². The average Bonchev–Trinajstić information content (AvgIpc) is 3.19. The van der Waals surface area contributed by atoms with Gasteiger partial charge in [0.25, 0.3) is 0 Å². The molecule has 0 spiro atoms. The molecule has 6 nitrogen and oxygen atoms in total. The molecule has 0 aliphatic carbocycles. The van der Waals surface area contributed by atoms with Gasteiger partial charge < -0.3 is 9.47 Å². The van der Waals surface area contributed by atoms with Gasteiger partial charge in [0.15, 0.2) is 11.6 Å². The molecular weight excluding hydrogens is 669 g/mol. The molecule has 0 saturated carbocycles. The van der Waals surface area contributed by atoms with E-state index in [1.54, 1.807) is 40.6 Å². The predicted octanol–water partition coefficient (Wildman–Crippen LogP) is 13.5. The first-order chi connectivity index (χ1) is 25.9. The summed E-state index contributed by atoms with van der Waals surface area (Å²) in [4.78, 5) is 32.2. The second-order valence-corrected chi connectivity index (χ2v) is 12.8. The first-order valence-corrected chi connectivity index (χ1v) is 20.2. The zero-order chi connectivity index (χ0) is 42.2. The molecule has 54 heavy (non-hydrogen) atoms. The van der Waals surface area contributed by atoms with E-state index >= 15 is 0 Å². The summed E-state index contributed by atoms with van der Waals surface area (Å²) in [7, 11) is 4.95. The minimum Gasteiger partial charge on any atom is -0.492 e. The van der Waals surface area contributed by atoms with Crippen LogP contribution in [0.3, 0.4) is 0 Å². The van der Waals surface area contributed by atoms with Crippen molar-refractivity contribution in [2.45, 2.75) is 147 Å². The summed E-state index contributed by atoms with van der Waals surface area (Å²) in [6.45, 7) is 25.3. The van der Waals surface area contributed by atoms with Gasteiger partial charge in [-0.15, -0.1) is 12.3 Å². The Morgan fingerprint density at radius 3 is 1.78 bits per heavy atom. The van der Waals surface area contributed by atoms with E-state index in [1.807, 2.05) is 89.2 Å². The van der Waals surface area contributed by atoms with Crippen molar-refractivity contribution in [1.29, 1.82) is 0 Å². The summed E-state index contributed by atoms with van der Waals surface area (Å²) >= 11 is 0. The lowest BCUT2D eigenvalue weighted by Crippen LogP contribution is -2.12. The molecule has 306 valence electrons. The van der Waals surface area contributed by atoms with Crippen molar-refractivity contribution < 1.29 is 19.1 Å². The standard InChI is InChI=1S/C22H34O2.C14H18N2O.C4H10.C4H6.C2H6O.C2H6/c1-6-11-21(23)18(5)22(20-12-9-8-10-13-20)24-16-19(7-2)15-14-17(3)4;1-4-14(16-10-9-15-3)13-8-6-5-7-12(13)11(2)17;2*1-3-4-2;1-3-2;1-2/h8-10,12-13,17,19H,6-7,11,14-16H2,1-5H3;5-10,14H,4H2,1-3H3;3-4H2,1-2H3;1H,4H2,2H3;1-2H3;1-2H3/b22-18+;;;;;. The van der Waals surface area contributed by atoms with Crippen LogP contribution in [0.2, 0.25) is 0 Å². The average molecular weight is 749 g/mol. The maximum absolute atomic E-state index is 12.3. The molecule has 0 heterocycles. The SMILES string of the molecule is C#CCC.CC.CCC(N=CC=NC)c1ccccc1C(C)=O.CCCC.CCCC(=O)/C(C)=C(/OCC(CC)CCC(C)C)c1ccccc1.COC. The van der Waals surface area contributed by atoms with Crippen LogP contribution in [0.15, 0.2) is 70.2 Å². The molecule has 0 N–H and O–H groups in total. The highest BCUT2D eigenvalue weighted by Crippen LogP contribution is 2.26. The molecule has 0 radical (unpaired) electrons. The van der Waals surface area contributed by atoms with Gasteiger partial charge in [-0.2, -0.15) is 0 Å². The van der Waals surface area contributed by atoms with Gasteiger partial charge in [-0.25, -0.2) is 0 Å². The number of benzene rings is 2. The minimum atomic E-state index is 0.0214. The van der Waals surface area contributed by atoms with Gasteiger partial charge in [0.2, 0.25) is 0 Å². The Morgan fingerprint density at radius 1 is 0.815 bits per heavy atom. The van der Waals surface area contributed by atoms with E-state index in [0.717, 1.165) is 59.6 Å². The number of hydrogen-bond donors (Lipinski definition) is 0. The van der Waals surface area contributed by atoms with Crippen molar-refractivity contribution in [3.05, 3.63) is 76.9 Å². The molecule has 0 fully saturated rings. The number of carbonyl (C=O) groups excluding carboxylic acids is 2. The molecular formula is C48H80N2O4. The lowest BCUT2D eigenvalue weighted by molar-refractivity contribution is -0.115. The number of aliphatic imine (C=N–C) groups is 2. The molecule has 2 aromatic carbocycles. The highest BCUT2D eigenvalue weighted by molar-refractivity contribution is 6.16.